The van der Waals surface area contributed by atoms with Crippen molar-refractivity contribution < 1.29 is 32.5 Å². The molecule has 0 radical (unpaired) electrons. The maximum Gasteiger partial charge on any atom is 0.573 e. The van der Waals surface area contributed by atoms with Gasteiger partial charge in [0.05, 0.1) is 6.61 Å². The van der Waals surface area contributed by atoms with Gasteiger partial charge in [-0.3, -0.25) is 18.7 Å². The highest BCUT2D eigenvalue weighted by atomic mass is 35.5. The Bertz CT molecular complexity index is 1750. The zero-order valence-corrected chi connectivity index (χ0v) is 24.4. The quantitative estimate of drug-likeness (QED) is 0.252. The summed E-state index contributed by atoms with van der Waals surface area (Å²) in [6, 6.07) is 12.0. The van der Waals surface area contributed by atoms with Crippen LogP contribution < -0.4 is 16.0 Å². The SMILES string of the molecule is CCOC(=O)C(C)(Cc1cccc(OC(F)(F)F)c1)c1nc2c(c(=O)n(CCCO)c(=O)n2C)n1Cc1ccc(Cl)cc1. The number of benzene rings is 2. The van der Waals surface area contributed by atoms with Gasteiger partial charge < -0.3 is 19.1 Å². The van der Waals surface area contributed by atoms with Gasteiger partial charge in [-0.05, 0) is 62.1 Å². The first-order valence-electron chi connectivity index (χ1n) is 13.4. The van der Waals surface area contributed by atoms with Gasteiger partial charge in [0.2, 0.25) is 0 Å². The minimum atomic E-state index is -4.92. The van der Waals surface area contributed by atoms with Crippen LogP contribution in [-0.4, -0.2) is 49.3 Å². The van der Waals surface area contributed by atoms with Crippen molar-refractivity contribution in [2.45, 2.75) is 51.6 Å². The molecular formula is C29H30ClF3N4O6. The van der Waals surface area contributed by atoms with Crippen molar-refractivity contribution in [2.75, 3.05) is 13.2 Å². The first-order chi connectivity index (χ1) is 20.3. The number of ether oxygens (including phenoxy) is 2. The number of aryl methyl sites for hydroxylation is 1. The molecule has 230 valence electrons. The van der Waals surface area contributed by atoms with Gasteiger partial charge in [-0.15, -0.1) is 13.2 Å². The van der Waals surface area contributed by atoms with E-state index in [9.17, 15) is 32.7 Å². The number of carbonyl (C=O) groups is 1. The molecule has 2 aromatic carbocycles. The van der Waals surface area contributed by atoms with E-state index in [1.54, 1.807) is 31.2 Å². The Hall–Kier alpha value is -4.10. The number of aliphatic hydroxyl groups is 1. The van der Waals surface area contributed by atoms with Crippen LogP contribution in [0.25, 0.3) is 11.2 Å². The van der Waals surface area contributed by atoms with Crippen molar-refractivity contribution in [1.29, 1.82) is 0 Å². The first kappa shape index (κ1) is 31.8. The number of aromatic nitrogens is 4. The van der Waals surface area contributed by atoms with Crippen molar-refractivity contribution >= 4 is 28.7 Å². The molecule has 4 rings (SSSR count). The predicted molar refractivity (Wildman–Crippen MR) is 152 cm³/mol. The first-order valence-corrected chi connectivity index (χ1v) is 13.7. The number of hydrogen-bond donors (Lipinski definition) is 1. The van der Waals surface area contributed by atoms with E-state index in [1.165, 1.54) is 35.2 Å². The van der Waals surface area contributed by atoms with E-state index in [-0.39, 0.29) is 56.1 Å². The summed E-state index contributed by atoms with van der Waals surface area (Å²) in [5, 5.41) is 9.81. The lowest BCUT2D eigenvalue weighted by atomic mass is 9.82. The Labute approximate surface area is 248 Å². The van der Waals surface area contributed by atoms with Crippen LogP contribution in [0.2, 0.25) is 5.02 Å². The number of carbonyl (C=O) groups excluding carboxylic acids is 1. The van der Waals surface area contributed by atoms with E-state index in [4.69, 9.17) is 16.3 Å². The molecule has 0 aliphatic heterocycles. The van der Waals surface area contributed by atoms with Crippen LogP contribution in [0.1, 0.15) is 37.2 Å². The monoisotopic (exact) mass is 622 g/mol. The lowest BCUT2D eigenvalue weighted by molar-refractivity contribution is -0.274. The molecule has 0 fully saturated rings. The third-order valence-corrected chi connectivity index (χ3v) is 7.19. The standard InChI is InChI=1S/C29H30ClF3N4O6/c1-4-42-26(40)28(2,16-19-7-5-8-21(15-19)43-29(31,32)33)25-34-23-22(37(25)17-18-9-11-20(30)12-10-18)24(39)36(13-6-14-38)27(41)35(23)3/h5,7-12,15,38H,4,6,13-14,16-17H2,1-3H3. The van der Waals surface area contributed by atoms with Gasteiger partial charge in [-0.25, -0.2) is 9.78 Å². The zero-order valence-electron chi connectivity index (χ0n) is 23.7. The van der Waals surface area contributed by atoms with Crippen LogP contribution in [0.15, 0.2) is 58.1 Å². The molecule has 1 N–H and O–H groups in total. The van der Waals surface area contributed by atoms with Crippen LogP contribution >= 0.6 is 11.6 Å². The maximum atomic E-state index is 13.8. The molecule has 0 bridgehead atoms. The largest absolute Gasteiger partial charge is 0.573 e. The van der Waals surface area contributed by atoms with Gasteiger partial charge in [0.1, 0.15) is 17.0 Å². The summed E-state index contributed by atoms with van der Waals surface area (Å²) in [4.78, 5) is 45.2. The van der Waals surface area contributed by atoms with Gasteiger partial charge in [0, 0.05) is 31.8 Å². The molecule has 0 aliphatic rings. The number of rotatable bonds is 11. The van der Waals surface area contributed by atoms with Gasteiger partial charge in [-0.1, -0.05) is 35.9 Å². The molecule has 14 heteroatoms. The molecular weight excluding hydrogens is 593 g/mol. The lowest BCUT2D eigenvalue weighted by Crippen LogP contribution is -2.41. The molecule has 4 aromatic rings. The third-order valence-electron chi connectivity index (χ3n) is 6.94. The van der Waals surface area contributed by atoms with Gasteiger partial charge >= 0.3 is 18.0 Å². The topological polar surface area (TPSA) is 118 Å². The van der Waals surface area contributed by atoms with Gasteiger partial charge in [-0.2, -0.15) is 0 Å². The summed E-state index contributed by atoms with van der Waals surface area (Å²) in [6.07, 6.45) is -4.95. The van der Waals surface area contributed by atoms with Crippen LogP contribution in [0.4, 0.5) is 13.2 Å². The second-order valence-electron chi connectivity index (χ2n) is 10.1. The number of imidazole rings is 1. The summed E-state index contributed by atoms with van der Waals surface area (Å²) in [6.45, 7) is 2.85. The van der Waals surface area contributed by atoms with E-state index >= 15 is 0 Å². The number of aliphatic hydroxyl groups excluding tert-OH is 1. The van der Waals surface area contributed by atoms with Gasteiger partial charge in [0.15, 0.2) is 11.2 Å². The average molecular weight is 623 g/mol. The van der Waals surface area contributed by atoms with Crippen LogP contribution in [0, 0.1) is 0 Å². The Morgan fingerprint density at radius 2 is 1.77 bits per heavy atom. The number of esters is 1. The van der Waals surface area contributed by atoms with Crippen molar-refractivity contribution in [3.8, 4) is 5.75 Å². The van der Waals surface area contributed by atoms with Crippen LogP contribution in [-0.2, 0) is 41.5 Å². The number of nitrogens with zero attached hydrogens (tertiary/aromatic N) is 4. The highest BCUT2D eigenvalue weighted by molar-refractivity contribution is 6.30. The average Bonchev–Trinajstić information content (AvgIpc) is 3.32. The molecule has 43 heavy (non-hydrogen) atoms. The second kappa shape index (κ2) is 12.6. The minimum absolute atomic E-state index is 0.00360. The van der Waals surface area contributed by atoms with E-state index in [2.05, 4.69) is 9.72 Å². The molecule has 0 saturated heterocycles. The third kappa shape index (κ3) is 6.78. The van der Waals surface area contributed by atoms with E-state index in [0.29, 0.717) is 16.1 Å². The molecule has 0 spiro atoms. The van der Waals surface area contributed by atoms with Crippen molar-refractivity contribution in [1.82, 2.24) is 18.7 Å². The fourth-order valence-electron chi connectivity index (χ4n) is 4.94. The summed E-state index contributed by atoms with van der Waals surface area (Å²) < 4.78 is 52.0. The van der Waals surface area contributed by atoms with Crippen molar-refractivity contribution in [3.63, 3.8) is 0 Å². The fraction of sp³-hybridized carbons (Fsp3) is 0.379. The Kier molecular flexibility index (Phi) is 9.35. The highest BCUT2D eigenvalue weighted by Gasteiger charge is 2.43. The molecule has 0 amide bonds. The number of halogens is 4. The summed E-state index contributed by atoms with van der Waals surface area (Å²) >= 11 is 6.07. The zero-order chi connectivity index (χ0) is 31.5. The highest BCUT2D eigenvalue weighted by Crippen LogP contribution is 2.33. The maximum absolute atomic E-state index is 13.8. The number of alkyl halides is 3. The Morgan fingerprint density at radius 3 is 2.40 bits per heavy atom. The van der Waals surface area contributed by atoms with E-state index < -0.39 is 34.7 Å². The van der Waals surface area contributed by atoms with Crippen molar-refractivity contribution in [3.05, 3.63) is 91.3 Å². The normalized spacial score (nSPS) is 13.2. The summed E-state index contributed by atoms with van der Waals surface area (Å²) in [7, 11) is 1.43. The smallest absolute Gasteiger partial charge is 0.465 e. The Balaban J connectivity index is 2.00. The molecule has 0 aliphatic carbocycles. The Morgan fingerprint density at radius 1 is 1.07 bits per heavy atom. The number of hydrogen-bond acceptors (Lipinski definition) is 7. The lowest BCUT2D eigenvalue weighted by Gasteiger charge is -2.28. The molecule has 10 nitrogen and oxygen atoms in total. The molecule has 2 aromatic heterocycles. The summed E-state index contributed by atoms with van der Waals surface area (Å²) in [5.74, 6) is -1.15. The van der Waals surface area contributed by atoms with E-state index in [0.717, 1.165) is 16.7 Å². The second-order valence-corrected chi connectivity index (χ2v) is 10.6. The fourth-order valence-corrected chi connectivity index (χ4v) is 5.06. The van der Waals surface area contributed by atoms with E-state index in [1.807, 2.05) is 0 Å². The minimum Gasteiger partial charge on any atom is -0.465 e. The molecule has 0 saturated carbocycles. The van der Waals surface area contributed by atoms with Crippen LogP contribution in [0.3, 0.4) is 0 Å². The van der Waals surface area contributed by atoms with Crippen molar-refractivity contribution in [2.24, 2.45) is 7.05 Å². The summed E-state index contributed by atoms with van der Waals surface area (Å²) in [5.41, 5.74) is -1.96. The van der Waals surface area contributed by atoms with Crippen LogP contribution in [0.5, 0.6) is 5.75 Å². The number of fused-ring (bicyclic) bond motifs is 1. The molecule has 1 unspecified atom stereocenters. The molecule has 1 atom stereocenters. The van der Waals surface area contributed by atoms with Gasteiger partial charge in [0.25, 0.3) is 5.56 Å². The molecule has 2 heterocycles. The predicted octanol–water partition coefficient (Wildman–Crippen LogP) is 3.94.